The summed E-state index contributed by atoms with van der Waals surface area (Å²) in [5.41, 5.74) is 4.76. The number of para-hydroxylation sites is 1. The molecular formula is C54H105N3. The second kappa shape index (κ2) is 41.4. The highest BCUT2D eigenvalue weighted by Crippen LogP contribution is 2.41. The van der Waals surface area contributed by atoms with Gasteiger partial charge >= 0.3 is 0 Å². The van der Waals surface area contributed by atoms with Crippen LogP contribution in [0.2, 0.25) is 0 Å². The first kappa shape index (κ1) is 53.6. The largest absolute Gasteiger partial charge is 0.370 e. The summed E-state index contributed by atoms with van der Waals surface area (Å²) in [6.45, 7) is 21.4. The number of anilines is 3. The monoisotopic (exact) mass is 796 g/mol. The summed E-state index contributed by atoms with van der Waals surface area (Å²) in [6, 6.07) is 7.60. The van der Waals surface area contributed by atoms with Gasteiger partial charge in [-0.3, -0.25) is 0 Å². The minimum Gasteiger partial charge on any atom is -0.370 e. The molecule has 336 valence electrons. The molecule has 0 unspecified atom stereocenters. The summed E-state index contributed by atoms with van der Waals surface area (Å²) in [6.07, 6.45) is 49.5. The molecule has 0 aromatic heterocycles. The number of hydrogen-bond acceptors (Lipinski definition) is 3. The predicted octanol–water partition coefficient (Wildman–Crippen LogP) is 18.3. The molecule has 0 heterocycles. The highest BCUT2D eigenvalue weighted by atomic mass is 15.2. The van der Waals surface area contributed by atoms with E-state index in [2.05, 4.69) is 74.4 Å². The zero-order chi connectivity index (χ0) is 41.3. The Hall–Kier alpha value is -1.38. The molecule has 0 amide bonds. The van der Waals surface area contributed by atoms with Crippen LogP contribution in [0.25, 0.3) is 0 Å². The van der Waals surface area contributed by atoms with E-state index < -0.39 is 0 Å². The van der Waals surface area contributed by atoms with Gasteiger partial charge in [-0.15, -0.1) is 0 Å². The Balaban J connectivity index is 3.63. The van der Waals surface area contributed by atoms with Gasteiger partial charge in [0.2, 0.25) is 0 Å². The van der Waals surface area contributed by atoms with E-state index in [0.717, 1.165) is 0 Å². The molecule has 0 atom stereocenters. The predicted molar refractivity (Wildman–Crippen MR) is 263 cm³/mol. The topological polar surface area (TPSA) is 9.72 Å². The van der Waals surface area contributed by atoms with Crippen molar-refractivity contribution < 1.29 is 0 Å². The third kappa shape index (κ3) is 28.7. The molecule has 0 saturated carbocycles. The van der Waals surface area contributed by atoms with Crippen molar-refractivity contribution in [1.29, 1.82) is 0 Å². The van der Waals surface area contributed by atoms with Gasteiger partial charge in [0, 0.05) is 39.3 Å². The van der Waals surface area contributed by atoms with E-state index >= 15 is 0 Å². The fraction of sp³-hybridized carbons (Fsp3) is 0.889. The van der Waals surface area contributed by atoms with E-state index in [-0.39, 0.29) is 0 Å². The van der Waals surface area contributed by atoms with E-state index in [1.165, 1.54) is 270 Å². The molecule has 0 N–H and O–H groups in total. The molecule has 0 fully saturated rings. The van der Waals surface area contributed by atoms with Crippen LogP contribution in [0.1, 0.15) is 273 Å². The smallest absolute Gasteiger partial charge is 0.0841 e. The molecule has 0 aliphatic rings. The van der Waals surface area contributed by atoms with Crippen LogP contribution < -0.4 is 14.7 Å². The molecule has 0 radical (unpaired) electrons. The quantitative estimate of drug-likeness (QED) is 0.0609. The van der Waals surface area contributed by atoms with Gasteiger partial charge in [0.1, 0.15) is 0 Å². The van der Waals surface area contributed by atoms with Crippen molar-refractivity contribution in [3.63, 3.8) is 0 Å². The van der Waals surface area contributed by atoms with Crippen LogP contribution in [0.15, 0.2) is 18.2 Å². The fourth-order valence-electron chi connectivity index (χ4n) is 8.89. The summed E-state index contributed by atoms with van der Waals surface area (Å²) < 4.78 is 0. The average molecular weight is 796 g/mol. The van der Waals surface area contributed by atoms with Gasteiger partial charge in [-0.1, -0.05) is 240 Å². The standard InChI is InChI=1S/C54H105N3/c1-7-13-19-25-31-37-46-55(47-38-32-26-20-14-8-2)52-44-43-45-53(56(48-39-33-27-21-15-9-3)49-40-34-28-22-16-10-4)54(52)57(50-41-35-29-23-17-11-5)51-42-36-30-24-18-12-6/h43-45H,7-42,46-51H2,1-6H3. The van der Waals surface area contributed by atoms with Gasteiger partial charge in [-0.2, -0.15) is 0 Å². The van der Waals surface area contributed by atoms with Gasteiger partial charge in [-0.25, -0.2) is 0 Å². The molecule has 1 aromatic carbocycles. The molecule has 0 aliphatic heterocycles. The Morgan fingerprint density at radius 2 is 0.439 bits per heavy atom. The number of hydrogen-bond donors (Lipinski definition) is 0. The van der Waals surface area contributed by atoms with Gasteiger partial charge in [0.25, 0.3) is 0 Å². The van der Waals surface area contributed by atoms with Crippen molar-refractivity contribution in [3.8, 4) is 0 Å². The average Bonchev–Trinajstić information content (AvgIpc) is 3.23. The Morgan fingerprint density at radius 3 is 0.667 bits per heavy atom. The highest BCUT2D eigenvalue weighted by molar-refractivity contribution is 5.85. The van der Waals surface area contributed by atoms with Crippen molar-refractivity contribution >= 4 is 17.1 Å². The molecular weight excluding hydrogens is 691 g/mol. The Morgan fingerprint density at radius 1 is 0.246 bits per heavy atom. The normalized spacial score (nSPS) is 11.5. The summed E-state index contributed by atoms with van der Waals surface area (Å²) in [5, 5.41) is 0. The van der Waals surface area contributed by atoms with Crippen LogP contribution in [-0.4, -0.2) is 39.3 Å². The Labute approximate surface area is 360 Å². The van der Waals surface area contributed by atoms with Gasteiger partial charge in [-0.05, 0) is 50.7 Å². The molecule has 0 aliphatic carbocycles. The number of nitrogens with zero attached hydrogens (tertiary/aromatic N) is 3. The molecule has 57 heavy (non-hydrogen) atoms. The summed E-state index contributed by atoms with van der Waals surface area (Å²) in [7, 11) is 0. The van der Waals surface area contributed by atoms with Crippen LogP contribution in [0.5, 0.6) is 0 Å². The number of unbranched alkanes of at least 4 members (excludes halogenated alkanes) is 30. The SMILES string of the molecule is CCCCCCCCN(CCCCCCCC)c1cccc(N(CCCCCCCC)CCCCCCCC)c1N(CCCCCCCC)CCCCCCCC. The first-order valence-electron chi connectivity index (χ1n) is 26.6. The first-order chi connectivity index (χ1) is 28.2. The Kier molecular flexibility index (Phi) is 38.9. The van der Waals surface area contributed by atoms with Crippen LogP contribution >= 0.6 is 0 Å². The van der Waals surface area contributed by atoms with Gasteiger partial charge < -0.3 is 14.7 Å². The van der Waals surface area contributed by atoms with Crippen LogP contribution in [0.3, 0.4) is 0 Å². The van der Waals surface area contributed by atoms with Crippen LogP contribution in [-0.2, 0) is 0 Å². The number of rotatable bonds is 45. The van der Waals surface area contributed by atoms with E-state index in [9.17, 15) is 0 Å². The maximum Gasteiger partial charge on any atom is 0.0841 e. The first-order valence-corrected chi connectivity index (χ1v) is 26.6. The van der Waals surface area contributed by atoms with Crippen molar-refractivity contribution in [1.82, 2.24) is 0 Å². The summed E-state index contributed by atoms with van der Waals surface area (Å²) in [5.74, 6) is 0. The van der Waals surface area contributed by atoms with E-state index in [0.29, 0.717) is 0 Å². The maximum atomic E-state index is 2.95. The molecule has 0 bridgehead atoms. The minimum absolute atomic E-state index is 1.22. The lowest BCUT2D eigenvalue weighted by Crippen LogP contribution is -2.34. The molecule has 3 heteroatoms. The maximum absolute atomic E-state index is 2.95. The van der Waals surface area contributed by atoms with Crippen molar-refractivity contribution in [2.45, 2.75) is 273 Å². The zero-order valence-electron chi connectivity index (χ0n) is 40.3. The lowest BCUT2D eigenvalue weighted by atomic mass is 10.0. The van der Waals surface area contributed by atoms with Crippen molar-refractivity contribution in [2.75, 3.05) is 54.0 Å². The van der Waals surface area contributed by atoms with Gasteiger partial charge in [0.05, 0.1) is 17.1 Å². The van der Waals surface area contributed by atoms with E-state index in [1.54, 1.807) is 17.1 Å². The third-order valence-electron chi connectivity index (χ3n) is 12.7. The van der Waals surface area contributed by atoms with Crippen LogP contribution in [0, 0.1) is 0 Å². The third-order valence-corrected chi connectivity index (χ3v) is 12.7. The minimum atomic E-state index is 1.22. The summed E-state index contributed by atoms with van der Waals surface area (Å²) >= 11 is 0. The lowest BCUT2D eigenvalue weighted by molar-refractivity contribution is 0.565. The molecule has 1 rings (SSSR count). The summed E-state index contributed by atoms with van der Waals surface area (Å²) in [4.78, 5) is 8.76. The van der Waals surface area contributed by atoms with Gasteiger partial charge in [0.15, 0.2) is 0 Å². The molecule has 0 saturated heterocycles. The lowest BCUT2D eigenvalue weighted by Gasteiger charge is -2.38. The second-order valence-electron chi connectivity index (χ2n) is 18.2. The van der Waals surface area contributed by atoms with E-state index in [4.69, 9.17) is 0 Å². The van der Waals surface area contributed by atoms with E-state index in [1.807, 2.05) is 0 Å². The number of benzene rings is 1. The molecule has 3 nitrogen and oxygen atoms in total. The second-order valence-corrected chi connectivity index (χ2v) is 18.2. The highest BCUT2D eigenvalue weighted by Gasteiger charge is 2.23. The fourth-order valence-corrected chi connectivity index (χ4v) is 8.89. The van der Waals surface area contributed by atoms with Crippen molar-refractivity contribution in [2.24, 2.45) is 0 Å². The van der Waals surface area contributed by atoms with Crippen molar-refractivity contribution in [3.05, 3.63) is 18.2 Å². The molecule has 0 spiro atoms. The zero-order valence-corrected chi connectivity index (χ0v) is 40.3. The molecule has 1 aromatic rings. The van der Waals surface area contributed by atoms with Crippen LogP contribution in [0.4, 0.5) is 17.1 Å². The Bertz CT molecular complexity index is 843.